The van der Waals surface area contributed by atoms with E-state index in [1.54, 1.807) is 10.5 Å². The fraction of sp³-hybridized carbons (Fsp3) is 0.125. The molecule has 0 fully saturated rings. The van der Waals surface area contributed by atoms with Crippen LogP contribution in [0.4, 0.5) is 5.69 Å². The van der Waals surface area contributed by atoms with Gasteiger partial charge in [0.25, 0.3) is 5.56 Å². The van der Waals surface area contributed by atoms with Gasteiger partial charge in [0.2, 0.25) is 0 Å². The molecule has 0 spiro atoms. The minimum Gasteiger partial charge on any atom is -0.379 e. The third-order valence-electron chi connectivity index (χ3n) is 3.23. The van der Waals surface area contributed by atoms with Crippen molar-refractivity contribution in [3.8, 4) is 0 Å². The molecule has 0 saturated heterocycles. The van der Waals surface area contributed by atoms with Crippen LogP contribution >= 0.6 is 22.6 Å². The molecule has 106 valence electrons. The molecule has 1 N–H and O–H groups in total. The van der Waals surface area contributed by atoms with Crippen molar-refractivity contribution < 1.29 is 0 Å². The van der Waals surface area contributed by atoms with Crippen LogP contribution in [0.5, 0.6) is 0 Å². The van der Waals surface area contributed by atoms with Crippen LogP contribution in [-0.2, 0) is 6.54 Å². The molecule has 2 aromatic heterocycles. The molecule has 0 aliphatic rings. The molecule has 2 heterocycles. The first-order chi connectivity index (χ1) is 10.1. The quantitative estimate of drug-likeness (QED) is 0.698. The number of nitrogens with one attached hydrogen (secondary N) is 1. The molecule has 4 nitrogen and oxygen atoms in total. The molecule has 3 rings (SSSR count). The zero-order chi connectivity index (χ0) is 14.8. The van der Waals surface area contributed by atoms with Gasteiger partial charge in [-0.25, -0.2) is 4.98 Å². The Morgan fingerprint density at radius 2 is 2.00 bits per heavy atom. The molecule has 0 atom stereocenters. The van der Waals surface area contributed by atoms with Crippen molar-refractivity contribution in [2.24, 2.45) is 0 Å². The van der Waals surface area contributed by atoms with Gasteiger partial charge < -0.3 is 5.32 Å². The summed E-state index contributed by atoms with van der Waals surface area (Å²) in [6.45, 7) is 2.43. The van der Waals surface area contributed by atoms with Crippen LogP contribution in [0.25, 0.3) is 5.65 Å². The van der Waals surface area contributed by atoms with Gasteiger partial charge in [-0.1, -0.05) is 12.1 Å². The summed E-state index contributed by atoms with van der Waals surface area (Å²) in [5.41, 5.74) is 3.29. The Morgan fingerprint density at radius 1 is 1.19 bits per heavy atom. The molecular formula is C16H14IN3O. The monoisotopic (exact) mass is 391 g/mol. The van der Waals surface area contributed by atoms with Crippen molar-refractivity contribution in [1.82, 2.24) is 9.38 Å². The maximum atomic E-state index is 12.2. The number of hydrogen-bond donors (Lipinski definition) is 1. The van der Waals surface area contributed by atoms with E-state index < -0.39 is 0 Å². The smallest absolute Gasteiger partial charge is 0.258 e. The van der Waals surface area contributed by atoms with Crippen molar-refractivity contribution >= 4 is 33.9 Å². The first-order valence-corrected chi connectivity index (χ1v) is 7.69. The maximum absolute atomic E-state index is 12.2. The first kappa shape index (κ1) is 14.1. The van der Waals surface area contributed by atoms with Crippen LogP contribution in [0.1, 0.15) is 11.4 Å². The fourth-order valence-electron chi connectivity index (χ4n) is 2.25. The summed E-state index contributed by atoms with van der Waals surface area (Å²) < 4.78 is 2.79. The summed E-state index contributed by atoms with van der Waals surface area (Å²) in [6.07, 6.45) is 0. The van der Waals surface area contributed by atoms with Crippen LogP contribution in [0, 0.1) is 10.5 Å². The number of aromatic nitrogens is 2. The Bertz CT molecular complexity index is 858. The first-order valence-electron chi connectivity index (χ1n) is 6.61. The van der Waals surface area contributed by atoms with Crippen LogP contribution in [0.2, 0.25) is 0 Å². The van der Waals surface area contributed by atoms with E-state index in [0.29, 0.717) is 12.2 Å². The fourth-order valence-corrected chi connectivity index (χ4v) is 2.79. The molecule has 0 amide bonds. The van der Waals surface area contributed by atoms with Gasteiger partial charge in [0, 0.05) is 21.0 Å². The minimum atomic E-state index is -0.0439. The second kappa shape index (κ2) is 5.85. The lowest BCUT2D eigenvalue weighted by molar-refractivity contribution is 0.943. The second-order valence-corrected chi connectivity index (χ2v) is 6.06. The highest BCUT2D eigenvalue weighted by atomic mass is 127. The van der Waals surface area contributed by atoms with Gasteiger partial charge in [-0.2, -0.15) is 0 Å². The minimum absolute atomic E-state index is 0.0439. The zero-order valence-electron chi connectivity index (χ0n) is 11.5. The van der Waals surface area contributed by atoms with E-state index in [2.05, 4.69) is 39.0 Å². The average Bonchev–Trinajstić information content (AvgIpc) is 2.45. The van der Waals surface area contributed by atoms with E-state index in [1.165, 1.54) is 3.57 Å². The number of halogens is 1. The highest BCUT2D eigenvalue weighted by Gasteiger charge is 2.04. The van der Waals surface area contributed by atoms with E-state index in [9.17, 15) is 4.79 Å². The van der Waals surface area contributed by atoms with E-state index in [4.69, 9.17) is 0 Å². The summed E-state index contributed by atoms with van der Waals surface area (Å²) >= 11 is 2.27. The third-order valence-corrected chi connectivity index (χ3v) is 3.90. The second-order valence-electron chi connectivity index (χ2n) is 4.81. The average molecular weight is 391 g/mol. The molecule has 0 aliphatic heterocycles. The molecule has 5 heteroatoms. The Labute approximate surface area is 136 Å². The summed E-state index contributed by atoms with van der Waals surface area (Å²) in [5.74, 6) is 0. The Hall–Kier alpha value is -1.89. The van der Waals surface area contributed by atoms with Crippen LogP contribution in [0.15, 0.2) is 53.3 Å². The van der Waals surface area contributed by atoms with E-state index in [-0.39, 0.29) is 5.56 Å². The van der Waals surface area contributed by atoms with Crippen LogP contribution < -0.4 is 10.9 Å². The van der Waals surface area contributed by atoms with Crippen molar-refractivity contribution in [2.45, 2.75) is 13.5 Å². The van der Waals surface area contributed by atoms with Gasteiger partial charge in [0.05, 0.1) is 12.2 Å². The molecule has 0 aliphatic carbocycles. The van der Waals surface area contributed by atoms with Crippen molar-refractivity contribution in [3.05, 3.63) is 73.8 Å². The molecule has 0 radical (unpaired) electrons. The molecule has 0 unspecified atom stereocenters. The van der Waals surface area contributed by atoms with E-state index in [0.717, 1.165) is 17.1 Å². The van der Waals surface area contributed by atoms with Gasteiger partial charge in [0.15, 0.2) is 0 Å². The summed E-state index contributed by atoms with van der Waals surface area (Å²) in [7, 11) is 0. The van der Waals surface area contributed by atoms with E-state index >= 15 is 0 Å². The molecule has 0 saturated carbocycles. The predicted octanol–water partition coefficient (Wildman–Crippen LogP) is 3.22. The standard InChI is InChI=1S/C16H14IN3O/c1-11-4-2-7-15-19-14(9-16(21)20(11)15)10-18-13-6-3-5-12(17)8-13/h2-9,18H,10H2,1H3. The summed E-state index contributed by atoms with van der Waals surface area (Å²) in [5, 5.41) is 3.29. The number of nitrogens with zero attached hydrogens (tertiary/aromatic N) is 2. The van der Waals surface area contributed by atoms with Gasteiger partial charge in [0.1, 0.15) is 5.65 Å². The predicted molar refractivity (Wildman–Crippen MR) is 92.7 cm³/mol. The largest absolute Gasteiger partial charge is 0.379 e. The number of rotatable bonds is 3. The highest BCUT2D eigenvalue weighted by Crippen LogP contribution is 2.13. The molecular weight excluding hydrogens is 377 g/mol. The van der Waals surface area contributed by atoms with Crippen molar-refractivity contribution in [3.63, 3.8) is 0 Å². The van der Waals surface area contributed by atoms with Gasteiger partial charge in [-0.3, -0.25) is 9.20 Å². The number of pyridine rings is 1. The number of hydrogen-bond acceptors (Lipinski definition) is 3. The lowest BCUT2D eigenvalue weighted by Gasteiger charge is -2.08. The van der Waals surface area contributed by atoms with Gasteiger partial charge >= 0.3 is 0 Å². The van der Waals surface area contributed by atoms with Crippen molar-refractivity contribution in [2.75, 3.05) is 5.32 Å². The summed E-state index contributed by atoms with van der Waals surface area (Å²) in [4.78, 5) is 16.7. The zero-order valence-corrected chi connectivity index (χ0v) is 13.7. The SMILES string of the molecule is Cc1cccc2nc(CNc3cccc(I)c3)cc(=O)n12. The Balaban J connectivity index is 1.90. The lowest BCUT2D eigenvalue weighted by Crippen LogP contribution is -2.18. The Kier molecular flexibility index (Phi) is 3.92. The van der Waals surface area contributed by atoms with Crippen molar-refractivity contribution in [1.29, 1.82) is 0 Å². The molecule has 3 aromatic rings. The number of benzene rings is 1. The topological polar surface area (TPSA) is 46.4 Å². The summed E-state index contributed by atoms with van der Waals surface area (Å²) in [6, 6.07) is 15.3. The number of fused-ring (bicyclic) bond motifs is 1. The number of aryl methyl sites for hydroxylation is 1. The number of anilines is 1. The maximum Gasteiger partial charge on any atom is 0.258 e. The van der Waals surface area contributed by atoms with E-state index in [1.807, 2.05) is 43.3 Å². The molecule has 21 heavy (non-hydrogen) atoms. The lowest BCUT2D eigenvalue weighted by atomic mass is 10.3. The van der Waals surface area contributed by atoms with Crippen LogP contribution in [-0.4, -0.2) is 9.38 Å². The van der Waals surface area contributed by atoms with Gasteiger partial charge in [-0.05, 0) is 59.8 Å². The Morgan fingerprint density at radius 3 is 2.81 bits per heavy atom. The normalized spacial score (nSPS) is 10.8. The third kappa shape index (κ3) is 3.07. The molecule has 1 aromatic carbocycles. The van der Waals surface area contributed by atoms with Crippen LogP contribution in [0.3, 0.4) is 0 Å². The highest BCUT2D eigenvalue weighted by molar-refractivity contribution is 14.1. The molecule has 0 bridgehead atoms. The van der Waals surface area contributed by atoms with Gasteiger partial charge in [-0.15, -0.1) is 0 Å².